The molecule has 100 valence electrons. The van der Waals surface area contributed by atoms with Crippen LogP contribution < -0.4 is 5.73 Å². The number of nitrogens with zero attached hydrogens (tertiary/aromatic N) is 1. The zero-order valence-corrected chi connectivity index (χ0v) is 12.1. The van der Waals surface area contributed by atoms with Gasteiger partial charge in [0.15, 0.2) is 0 Å². The van der Waals surface area contributed by atoms with Gasteiger partial charge < -0.3 is 5.73 Å². The molecule has 1 aliphatic carbocycles. The van der Waals surface area contributed by atoms with Crippen molar-refractivity contribution in [3.05, 3.63) is 34.9 Å². The van der Waals surface area contributed by atoms with E-state index in [1.165, 1.54) is 18.4 Å². The molecule has 0 saturated heterocycles. The third-order valence-corrected chi connectivity index (χ3v) is 4.39. The molecule has 0 heterocycles. The van der Waals surface area contributed by atoms with E-state index in [1.807, 2.05) is 18.2 Å². The van der Waals surface area contributed by atoms with Crippen LogP contribution in [0.3, 0.4) is 0 Å². The van der Waals surface area contributed by atoms with Crippen LogP contribution in [-0.2, 0) is 0 Å². The van der Waals surface area contributed by atoms with E-state index in [1.54, 1.807) is 0 Å². The second kappa shape index (κ2) is 5.60. The van der Waals surface area contributed by atoms with E-state index in [9.17, 15) is 0 Å². The van der Waals surface area contributed by atoms with Crippen molar-refractivity contribution in [2.45, 2.75) is 44.2 Å². The third kappa shape index (κ3) is 3.25. The van der Waals surface area contributed by atoms with Gasteiger partial charge in [0.05, 0.1) is 0 Å². The summed E-state index contributed by atoms with van der Waals surface area (Å²) in [6.07, 6.45) is 4.85. The molecule has 1 fully saturated rings. The van der Waals surface area contributed by atoms with E-state index >= 15 is 0 Å². The molecule has 1 unspecified atom stereocenters. The molecule has 0 spiro atoms. The smallest absolute Gasteiger partial charge is 0.0409 e. The first-order valence-corrected chi connectivity index (χ1v) is 7.13. The molecule has 2 N–H and O–H groups in total. The van der Waals surface area contributed by atoms with Crippen LogP contribution in [0.25, 0.3) is 0 Å². The van der Waals surface area contributed by atoms with Gasteiger partial charge in [0.1, 0.15) is 0 Å². The van der Waals surface area contributed by atoms with E-state index in [2.05, 4.69) is 24.9 Å². The lowest BCUT2D eigenvalue weighted by Gasteiger charge is -2.33. The van der Waals surface area contributed by atoms with Crippen molar-refractivity contribution < 1.29 is 0 Å². The van der Waals surface area contributed by atoms with Gasteiger partial charge in [-0.25, -0.2) is 0 Å². The molecule has 0 aromatic heterocycles. The summed E-state index contributed by atoms with van der Waals surface area (Å²) in [5.74, 6) is 0. The topological polar surface area (TPSA) is 29.3 Å². The van der Waals surface area contributed by atoms with Gasteiger partial charge in [0.2, 0.25) is 0 Å². The van der Waals surface area contributed by atoms with Crippen molar-refractivity contribution in [3.63, 3.8) is 0 Å². The molecule has 1 saturated carbocycles. The summed E-state index contributed by atoms with van der Waals surface area (Å²) in [7, 11) is 2.15. The molecule has 2 nitrogen and oxygen atoms in total. The molecule has 18 heavy (non-hydrogen) atoms. The van der Waals surface area contributed by atoms with Gasteiger partial charge in [0.25, 0.3) is 0 Å². The molecule has 1 atom stereocenters. The van der Waals surface area contributed by atoms with E-state index in [0.717, 1.165) is 24.4 Å². The summed E-state index contributed by atoms with van der Waals surface area (Å²) in [5, 5.41) is 0.802. The number of hydrogen-bond acceptors (Lipinski definition) is 2. The Morgan fingerprint density at radius 3 is 2.67 bits per heavy atom. The first-order valence-electron chi connectivity index (χ1n) is 6.75. The van der Waals surface area contributed by atoms with E-state index in [-0.39, 0.29) is 5.54 Å². The summed E-state index contributed by atoms with van der Waals surface area (Å²) in [6.45, 7) is 3.17. The van der Waals surface area contributed by atoms with Crippen LogP contribution >= 0.6 is 11.6 Å². The Bertz CT molecular complexity index is 399. The zero-order valence-electron chi connectivity index (χ0n) is 11.3. The maximum Gasteiger partial charge on any atom is 0.0409 e. The molecule has 1 aromatic carbocycles. The Morgan fingerprint density at radius 1 is 1.39 bits per heavy atom. The minimum Gasteiger partial charge on any atom is -0.324 e. The lowest BCUT2D eigenvalue weighted by Crippen LogP contribution is -2.47. The predicted molar refractivity (Wildman–Crippen MR) is 77.9 cm³/mol. The van der Waals surface area contributed by atoms with Crippen molar-refractivity contribution in [2.24, 2.45) is 5.73 Å². The number of rotatable bonds is 4. The fraction of sp³-hybridized carbons (Fsp3) is 0.600. The fourth-order valence-corrected chi connectivity index (χ4v) is 3.09. The van der Waals surface area contributed by atoms with Crippen LogP contribution in [0.2, 0.25) is 5.02 Å². The largest absolute Gasteiger partial charge is 0.324 e. The van der Waals surface area contributed by atoms with Crippen LogP contribution in [0.5, 0.6) is 0 Å². The Hall–Kier alpha value is -0.570. The Kier molecular flexibility index (Phi) is 4.31. The second-order valence-corrected chi connectivity index (χ2v) is 6.15. The van der Waals surface area contributed by atoms with Gasteiger partial charge in [-0.15, -0.1) is 0 Å². The second-order valence-electron chi connectivity index (χ2n) is 5.72. The number of likely N-dealkylation sites (N-methyl/N-ethyl adjacent to an activating group) is 1. The lowest BCUT2D eigenvalue weighted by atomic mass is 9.97. The molecular weight excluding hydrogens is 244 g/mol. The Labute approximate surface area is 115 Å². The highest BCUT2D eigenvalue weighted by atomic mass is 35.5. The number of nitrogens with two attached hydrogens (primary N) is 1. The van der Waals surface area contributed by atoms with E-state index in [4.69, 9.17) is 17.3 Å². The minimum absolute atomic E-state index is 0.0155. The van der Waals surface area contributed by atoms with Crippen molar-refractivity contribution in [1.82, 2.24) is 4.90 Å². The van der Waals surface area contributed by atoms with Gasteiger partial charge in [-0.2, -0.15) is 0 Å². The predicted octanol–water partition coefficient (Wildman–Crippen LogP) is 3.60. The minimum atomic E-state index is 0.0155. The Balaban J connectivity index is 2.02. The molecule has 1 aromatic rings. The highest BCUT2D eigenvalue weighted by molar-refractivity contribution is 6.30. The quantitative estimate of drug-likeness (QED) is 0.902. The van der Waals surface area contributed by atoms with Crippen LogP contribution in [-0.4, -0.2) is 24.0 Å². The van der Waals surface area contributed by atoms with Crippen LogP contribution in [0.15, 0.2) is 24.3 Å². The van der Waals surface area contributed by atoms with Crippen molar-refractivity contribution in [1.29, 1.82) is 0 Å². The van der Waals surface area contributed by atoms with E-state index in [0.29, 0.717) is 6.04 Å². The first-order chi connectivity index (χ1) is 8.50. The summed E-state index contributed by atoms with van der Waals surface area (Å²) in [4.78, 5) is 2.34. The maximum absolute atomic E-state index is 6.44. The summed E-state index contributed by atoms with van der Waals surface area (Å²) in [6, 6.07) is 8.45. The lowest BCUT2D eigenvalue weighted by molar-refractivity contribution is 0.199. The SMILES string of the molecule is CC(c1cccc(Cl)c1)N(C)CC1(N)CCCC1. The average Bonchev–Trinajstić information content (AvgIpc) is 2.74. The molecule has 0 radical (unpaired) electrons. The van der Waals surface area contributed by atoms with Crippen LogP contribution in [0.1, 0.15) is 44.2 Å². The normalized spacial score (nSPS) is 20.3. The molecule has 0 bridgehead atoms. The average molecular weight is 267 g/mol. The van der Waals surface area contributed by atoms with Gasteiger partial charge in [-0.3, -0.25) is 4.90 Å². The first kappa shape index (κ1) is 13.9. The van der Waals surface area contributed by atoms with Gasteiger partial charge in [-0.05, 0) is 44.5 Å². The number of benzene rings is 1. The molecule has 3 heteroatoms. The van der Waals surface area contributed by atoms with Crippen LogP contribution in [0, 0.1) is 0 Å². The Morgan fingerprint density at radius 2 is 2.06 bits per heavy atom. The number of hydrogen-bond donors (Lipinski definition) is 1. The highest BCUT2D eigenvalue weighted by Crippen LogP contribution is 2.30. The van der Waals surface area contributed by atoms with Gasteiger partial charge in [-0.1, -0.05) is 36.6 Å². The summed E-state index contributed by atoms with van der Waals surface area (Å²) < 4.78 is 0. The summed E-state index contributed by atoms with van der Waals surface area (Å²) in [5.41, 5.74) is 7.71. The molecule has 0 amide bonds. The van der Waals surface area contributed by atoms with E-state index < -0.39 is 0 Å². The molecular formula is C15H23ClN2. The van der Waals surface area contributed by atoms with Crippen LogP contribution in [0.4, 0.5) is 0 Å². The fourth-order valence-electron chi connectivity index (χ4n) is 2.89. The monoisotopic (exact) mass is 266 g/mol. The van der Waals surface area contributed by atoms with Gasteiger partial charge >= 0.3 is 0 Å². The summed E-state index contributed by atoms with van der Waals surface area (Å²) >= 11 is 6.05. The zero-order chi connectivity index (χ0) is 13.2. The maximum atomic E-state index is 6.44. The standard InChI is InChI=1S/C15H23ClN2/c1-12(13-6-5-7-14(16)10-13)18(2)11-15(17)8-3-4-9-15/h5-7,10,12H,3-4,8-9,11,17H2,1-2H3. The highest BCUT2D eigenvalue weighted by Gasteiger charge is 2.31. The van der Waals surface area contributed by atoms with Crippen molar-refractivity contribution >= 4 is 11.6 Å². The van der Waals surface area contributed by atoms with Gasteiger partial charge in [0, 0.05) is 23.1 Å². The molecule has 1 aliphatic rings. The van der Waals surface area contributed by atoms with Crippen molar-refractivity contribution in [3.8, 4) is 0 Å². The molecule has 2 rings (SSSR count). The van der Waals surface area contributed by atoms with Crippen molar-refractivity contribution in [2.75, 3.05) is 13.6 Å². The third-order valence-electron chi connectivity index (χ3n) is 4.16. The number of halogens is 1. The molecule has 0 aliphatic heterocycles.